The van der Waals surface area contributed by atoms with Crippen molar-refractivity contribution < 1.29 is 0 Å². The van der Waals surface area contributed by atoms with Gasteiger partial charge in [-0.2, -0.15) is 0 Å². The predicted octanol–water partition coefficient (Wildman–Crippen LogP) is 25.2. The normalized spacial score (nSPS) is 11.8. The van der Waals surface area contributed by atoms with Crippen molar-refractivity contribution >= 4 is 87.2 Å². The average Bonchev–Trinajstić information content (AvgIpc) is 1.49. The zero-order valence-electron chi connectivity index (χ0n) is 56.2. The molecule has 20 aromatic rings. The van der Waals surface area contributed by atoms with Gasteiger partial charge in [0.1, 0.15) is 11.4 Å². The highest BCUT2D eigenvalue weighted by molar-refractivity contribution is 6.18. The molecule has 14 aromatic carbocycles. The number of hydrogen-bond donors (Lipinski definition) is 0. The maximum absolute atomic E-state index is 6.74. The summed E-state index contributed by atoms with van der Waals surface area (Å²) in [6.07, 6.45) is 3.99. The van der Waals surface area contributed by atoms with Gasteiger partial charge in [-0.3, -0.25) is 14.1 Å². The molecular weight excluding hydrogens is 1240 g/mol. The second-order valence-electron chi connectivity index (χ2n) is 27.0. The zero-order chi connectivity index (χ0) is 67.5. The Kier molecular flexibility index (Phi) is 13.6. The highest BCUT2D eigenvalue weighted by Gasteiger charge is 2.34. The van der Waals surface area contributed by atoms with Crippen LogP contribution in [0, 0.1) is 13.8 Å². The van der Waals surface area contributed by atoms with Crippen molar-refractivity contribution in [2.45, 2.75) is 13.8 Å². The Morgan fingerprint density at radius 2 is 0.480 bits per heavy atom. The number of aromatic nitrogens is 6. The molecule has 0 N–H and O–H groups in total. The minimum Gasteiger partial charge on any atom is -0.305 e. The van der Waals surface area contributed by atoms with Gasteiger partial charge in [-0.25, -0.2) is 4.98 Å². The van der Waals surface area contributed by atoms with Crippen LogP contribution < -0.4 is 0 Å². The number of rotatable bonds is 11. The molecule has 0 bridgehead atoms. The van der Waals surface area contributed by atoms with Crippen LogP contribution in [0.15, 0.2) is 352 Å². The summed E-state index contributed by atoms with van der Waals surface area (Å²) in [6.45, 7) is 4.48. The molecule has 0 unspecified atom stereocenters. The van der Waals surface area contributed by atoms with Crippen molar-refractivity contribution in [3.63, 3.8) is 0 Å². The molecule has 20 rings (SSSR count). The maximum Gasteiger partial charge on any atom is 0.165 e. The molecular formula is C96H64N6. The molecule has 0 spiro atoms. The third-order valence-electron chi connectivity index (χ3n) is 20.9. The maximum atomic E-state index is 6.74. The van der Waals surface area contributed by atoms with Crippen molar-refractivity contribution in [1.29, 1.82) is 0 Å². The molecule has 0 aliphatic carbocycles. The summed E-state index contributed by atoms with van der Waals surface area (Å²) in [5.74, 6) is 1.52. The molecule has 0 aliphatic rings. The van der Waals surface area contributed by atoms with E-state index >= 15 is 0 Å². The van der Waals surface area contributed by atoms with Gasteiger partial charge in [-0.15, -0.1) is 0 Å². The Morgan fingerprint density at radius 1 is 0.206 bits per heavy atom. The Hall–Kier alpha value is -13.4. The van der Waals surface area contributed by atoms with Gasteiger partial charge < -0.3 is 9.13 Å². The second kappa shape index (κ2) is 23.7. The van der Waals surface area contributed by atoms with Crippen LogP contribution in [-0.2, 0) is 0 Å². The molecule has 0 saturated carbocycles. The standard InChI is InChI=1S/C96H64N6/c1-61-51-62(2)53-75(52-61)92-93(99-85-43-37-69(63-23-9-3-10-24-63)54-78(85)79-55-70(38-44-86(79)99)64-25-11-4-12-26-64)95(101-87-45-39-71(65-27-13-5-14-28-65)56-80(87)81-57-72(40-46-88(81)101)66-29-15-6-16-30-66)98-96(94(92)100-84-36-22-21-35-76(84)77-49-50-97-60-91(77)100)102-89-47-41-73(67-31-17-7-18-32-67)58-82(89)83-59-74(42-48-90(83)102)68-33-19-8-20-34-68/h3-60H,1-2H3. The summed E-state index contributed by atoms with van der Waals surface area (Å²) >= 11 is 0. The molecule has 0 amide bonds. The Balaban J connectivity index is 1.04. The lowest BCUT2D eigenvalue weighted by atomic mass is 9.96. The summed E-state index contributed by atoms with van der Waals surface area (Å²) < 4.78 is 10.0. The van der Waals surface area contributed by atoms with E-state index in [1.807, 2.05) is 6.20 Å². The summed E-state index contributed by atoms with van der Waals surface area (Å²) in [6, 6.07) is 125. The highest BCUT2D eigenvalue weighted by Crippen LogP contribution is 2.51. The van der Waals surface area contributed by atoms with E-state index in [1.54, 1.807) is 0 Å². The van der Waals surface area contributed by atoms with Crippen molar-refractivity contribution in [2.24, 2.45) is 0 Å². The lowest BCUT2D eigenvalue weighted by Gasteiger charge is -2.27. The van der Waals surface area contributed by atoms with Crippen LogP contribution in [-0.4, -0.2) is 28.2 Å². The van der Waals surface area contributed by atoms with Crippen LogP contribution in [0.25, 0.3) is 188 Å². The Bertz CT molecular complexity index is 6360. The van der Waals surface area contributed by atoms with E-state index in [0.29, 0.717) is 0 Å². The monoisotopic (exact) mass is 1300 g/mol. The third-order valence-corrected chi connectivity index (χ3v) is 20.9. The molecule has 6 aromatic heterocycles. The first kappa shape index (κ1) is 58.7. The molecule has 6 nitrogen and oxygen atoms in total. The van der Waals surface area contributed by atoms with Crippen LogP contribution in [0.2, 0.25) is 0 Å². The first-order valence-corrected chi connectivity index (χ1v) is 35.0. The predicted molar refractivity (Wildman–Crippen MR) is 427 cm³/mol. The minimum atomic E-state index is 0.754. The number of hydrogen-bond acceptors (Lipinski definition) is 2. The third kappa shape index (κ3) is 9.48. The molecule has 0 radical (unpaired) electrons. The lowest BCUT2D eigenvalue weighted by Crippen LogP contribution is -2.16. The summed E-state index contributed by atoms with van der Waals surface area (Å²) in [4.78, 5) is 11.8. The molecule has 6 heteroatoms. The molecule has 0 saturated heterocycles. The van der Waals surface area contributed by atoms with E-state index in [0.717, 1.165) is 199 Å². The van der Waals surface area contributed by atoms with E-state index in [9.17, 15) is 0 Å². The summed E-state index contributed by atoms with van der Waals surface area (Å²) in [5.41, 5.74) is 28.0. The van der Waals surface area contributed by atoms with E-state index in [4.69, 9.17) is 9.97 Å². The van der Waals surface area contributed by atoms with Crippen LogP contribution >= 0.6 is 0 Å². The van der Waals surface area contributed by atoms with Crippen molar-refractivity contribution in [2.75, 3.05) is 0 Å². The zero-order valence-corrected chi connectivity index (χ0v) is 56.2. The van der Waals surface area contributed by atoms with Crippen LogP contribution in [0.5, 0.6) is 0 Å². The van der Waals surface area contributed by atoms with Crippen molar-refractivity contribution in [3.8, 4) is 101 Å². The number of pyridine rings is 2. The fourth-order valence-electron chi connectivity index (χ4n) is 16.4. The number of benzene rings is 14. The van der Waals surface area contributed by atoms with E-state index in [2.05, 4.69) is 378 Å². The van der Waals surface area contributed by atoms with Gasteiger partial charge in [-0.1, -0.05) is 266 Å². The van der Waals surface area contributed by atoms with Gasteiger partial charge in [0.2, 0.25) is 0 Å². The quantitative estimate of drug-likeness (QED) is 0.130. The van der Waals surface area contributed by atoms with Crippen LogP contribution in [0.3, 0.4) is 0 Å². The van der Waals surface area contributed by atoms with E-state index < -0.39 is 0 Å². The topological polar surface area (TPSA) is 45.5 Å². The Morgan fingerprint density at radius 3 is 0.814 bits per heavy atom. The molecule has 0 aliphatic heterocycles. The number of aryl methyl sites for hydroxylation is 2. The fourth-order valence-corrected chi connectivity index (χ4v) is 16.4. The van der Waals surface area contributed by atoms with Crippen molar-refractivity contribution in [1.82, 2.24) is 28.2 Å². The largest absolute Gasteiger partial charge is 0.305 e. The van der Waals surface area contributed by atoms with Gasteiger partial charge in [0.25, 0.3) is 0 Å². The first-order valence-electron chi connectivity index (χ1n) is 35.0. The van der Waals surface area contributed by atoms with Gasteiger partial charge in [0.15, 0.2) is 11.6 Å². The van der Waals surface area contributed by atoms with Crippen LogP contribution in [0.1, 0.15) is 11.1 Å². The number of para-hydroxylation sites is 1. The molecule has 6 heterocycles. The first-order chi connectivity index (χ1) is 50.4. The summed E-state index contributed by atoms with van der Waals surface area (Å²) in [7, 11) is 0. The van der Waals surface area contributed by atoms with Crippen molar-refractivity contribution in [3.05, 3.63) is 363 Å². The second-order valence-corrected chi connectivity index (χ2v) is 27.0. The van der Waals surface area contributed by atoms with Gasteiger partial charge in [0, 0.05) is 54.9 Å². The van der Waals surface area contributed by atoms with Gasteiger partial charge >= 0.3 is 0 Å². The summed E-state index contributed by atoms with van der Waals surface area (Å²) in [5, 5.41) is 8.92. The van der Waals surface area contributed by atoms with E-state index in [1.165, 1.54) is 0 Å². The lowest BCUT2D eigenvalue weighted by molar-refractivity contribution is 0.960. The Labute approximate surface area is 589 Å². The molecule has 478 valence electrons. The highest BCUT2D eigenvalue weighted by atomic mass is 15.2. The fraction of sp³-hybridized carbons (Fsp3) is 0.0208. The van der Waals surface area contributed by atoms with Gasteiger partial charge in [-0.05, 0) is 171 Å². The molecule has 102 heavy (non-hydrogen) atoms. The molecule has 0 fully saturated rings. The molecule has 0 atom stereocenters. The SMILES string of the molecule is Cc1cc(C)cc(-c2c(-n3c4ccc(-c5ccccc5)cc4c4cc(-c5ccccc5)ccc43)c(-n3c4ccc(-c5ccccc5)cc4c4cc(-c5ccccc5)ccc43)nc(-n3c4ccc(-c5ccccc5)cc4c4cc(-c5ccccc5)ccc43)c2-n2c3ccccc3c3ccncc32)c1. The minimum absolute atomic E-state index is 0.754. The van der Waals surface area contributed by atoms with Gasteiger partial charge in [0.05, 0.1) is 50.3 Å². The number of fused-ring (bicyclic) bond motifs is 12. The smallest absolute Gasteiger partial charge is 0.165 e. The van der Waals surface area contributed by atoms with E-state index in [-0.39, 0.29) is 0 Å². The average molecular weight is 1300 g/mol. The number of nitrogens with zero attached hydrogens (tertiary/aromatic N) is 6. The van der Waals surface area contributed by atoms with Crippen LogP contribution in [0.4, 0.5) is 0 Å².